The van der Waals surface area contributed by atoms with Crippen LogP contribution in [0.2, 0.25) is 10.0 Å². The Bertz CT molecular complexity index is 516. The first-order valence-corrected chi connectivity index (χ1v) is 6.96. The number of carbonyl (C=O) groups is 2. The lowest BCUT2D eigenvalue weighted by Crippen LogP contribution is -2.41. The SMILES string of the molecule is CC(C(=O)ONc1c(Cl)cccc1Cl)N1CCCC1=O. The van der Waals surface area contributed by atoms with E-state index in [-0.39, 0.29) is 5.91 Å². The van der Waals surface area contributed by atoms with Gasteiger partial charge in [-0.2, -0.15) is 0 Å². The van der Waals surface area contributed by atoms with E-state index in [0.717, 1.165) is 6.42 Å². The molecule has 1 aromatic carbocycles. The van der Waals surface area contributed by atoms with Gasteiger partial charge in [-0.3, -0.25) is 4.79 Å². The number of hydrogen-bond donors (Lipinski definition) is 1. The Morgan fingerprint density at radius 2 is 2.05 bits per heavy atom. The molecule has 1 heterocycles. The molecule has 1 atom stereocenters. The maximum absolute atomic E-state index is 11.9. The molecule has 1 amide bonds. The van der Waals surface area contributed by atoms with Gasteiger partial charge in [0.2, 0.25) is 5.91 Å². The van der Waals surface area contributed by atoms with E-state index in [1.165, 1.54) is 4.90 Å². The Morgan fingerprint density at radius 1 is 1.40 bits per heavy atom. The summed E-state index contributed by atoms with van der Waals surface area (Å²) in [6.45, 7) is 2.20. The number of amides is 1. The molecule has 1 unspecified atom stereocenters. The van der Waals surface area contributed by atoms with E-state index in [2.05, 4.69) is 5.48 Å². The Kier molecular flexibility index (Phi) is 4.73. The molecule has 1 aliphatic rings. The van der Waals surface area contributed by atoms with Gasteiger partial charge in [-0.05, 0) is 25.5 Å². The number of carbonyl (C=O) groups excluding carboxylic acids is 2. The Labute approximate surface area is 126 Å². The summed E-state index contributed by atoms with van der Waals surface area (Å²) in [7, 11) is 0. The number of para-hydroxylation sites is 1. The van der Waals surface area contributed by atoms with Crippen molar-refractivity contribution in [2.75, 3.05) is 12.0 Å². The molecule has 20 heavy (non-hydrogen) atoms. The van der Waals surface area contributed by atoms with E-state index in [9.17, 15) is 9.59 Å². The number of hydrogen-bond acceptors (Lipinski definition) is 4. The van der Waals surface area contributed by atoms with Crippen LogP contribution in [0.15, 0.2) is 18.2 Å². The molecule has 1 aliphatic heterocycles. The normalized spacial score (nSPS) is 16.1. The average Bonchev–Trinajstić information content (AvgIpc) is 2.83. The average molecular weight is 317 g/mol. The van der Waals surface area contributed by atoms with Crippen LogP contribution in [-0.4, -0.2) is 29.4 Å². The summed E-state index contributed by atoms with van der Waals surface area (Å²) in [6.07, 6.45) is 1.24. The van der Waals surface area contributed by atoms with E-state index in [0.29, 0.717) is 28.7 Å². The number of nitrogens with one attached hydrogen (secondary N) is 1. The molecule has 108 valence electrons. The molecule has 0 aromatic heterocycles. The van der Waals surface area contributed by atoms with Crippen molar-refractivity contribution in [3.05, 3.63) is 28.2 Å². The van der Waals surface area contributed by atoms with Gasteiger partial charge < -0.3 is 9.74 Å². The molecule has 5 nitrogen and oxygen atoms in total. The first-order valence-electron chi connectivity index (χ1n) is 6.21. The summed E-state index contributed by atoms with van der Waals surface area (Å²) in [6, 6.07) is 4.29. The molecule has 1 N–H and O–H groups in total. The third-order valence-electron chi connectivity index (χ3n) is 3.14. The summed E-state index contributed by atoms with van der Waals surface area (Å²) in [5.41, 5.74) is 2.77. The molecule has 2 rings (SSSR count). The largest absolute Gasteiger partial charge is 0.354 e. The van der Waals surface area contributed by atoms with E-state index < -0.39 is 12.0 Å². The summed E-state index contributed by atoms with van der Waals surface area (Å²) >= 11 is 11.9. The lowest BCUT2D eigenvalue weighted by Gasteiger charge is -2.22. The summed E-state index contributed by atoms with van der Waals surface area (Å²) in [4.78, 5) is 29.9. The van der Waals surface area contributed by atoms with Gasteiger partial charge in [0.15, 0.2) is 0 Å². The molecular weight excluding hydrogens is 303 g/mol. The van der Waals surface area contributed by atoms with Crippen LogP contribution < -0.4 is 5.48 Å². The second-order valence-corrected chi connectivity index (χ2v) is 5.30. The predicted molar refractivity (Wildman–Crippen MR) is 76.6 cm³/mol. The quantitative estimate of drug-likeness (QED) is 0.868. The Morgan fingerprint density at radius 3 is 2.60 bits per heavy atom. The van der Waals surface area contributed by atoms with Crippen LogP contribution in [0.5, 0.6) is 0 Å². The number of anilines is 1. The number of halogens is 2. The maximum Gasteiger partial charge on any atom is 0.354 e. The van der Waals surface area contributed by atoms with Crippen molar-refractivity contribution in [1.82, 2.24) is 4.90 Å². The zero-order valence-corrected chi connectivity index (χ0v) is 12.4. The van der Waals surface area contributed by atoms with E-state index in [4.69, 9.17) is 28.0 Å². The van der Waals surface area contributed by atoms with Crippen LogP contribution in [-0.2, 0) is 14.4 Å². The van der Waals surface area contributed by atoms with Crippen molar-refractivity contribution in [3.8, 4) is 0 Å². The van der Waals surface area contributed by atoms with Crippen molar-refractivity contribution >= 4 is 40.8 Å². The highest BCUT2D eigenvalue weighted by Crippen LogP contribution is 2.29. The van der Waals surface area contributed by atoms with Crippen molar-refractivity contribution in [2.24, 2.45) is 0 Å². The summed E-state index contributed by atoms with van der Waals surface area (Å²) in [5, 5.41) is 0.686. The molecule has 1 aromatic rings. The minimum atomic E-state index is -0.640. The van der Waals surface area contributed by atoms with Gasteiger partial charge in [0.25, 0.3) is 0 Å². The molecule has 0 radical (unpaired) electrons. The van der Waals surface area contributed by atoms with Gasteiger partial charge >= 0.3 is 5.97 Å². The van der Waals surface area contributed by atoms with Crippen molar-refractivity contribution < 1.29 is 14.4 Å². The van der Waals surface area contributed by atoms with Crippen LogP contribution >= 0.6 is 23.2 Å². The zero-order chi connectivity index (χ0) is 14.7. The van der Waals surface area contributed by atoms with Gasteiger partial charge in [-0.25, -0.2) is 10.3 Å². The number of benzene rings is 1. The minimum Gasteiger partial charge on any atom is -0.341 e. The molecule has 1 saturated heterocycles. The summed E-state index contributed by atoms with van der Waals surface area (Å²) in [5.74, 6) is -0.596. The minimum absolute atomic E-state index is 0.0368. The van der Waals surface area contributed by atoms with Crippen LogP contribution in [0, 0.1) is 0 Å². The first kappa shape index (κ1) is 14.9. The molecule has 0 spiro atoms. The van der Waals surface area contributed by atoms with Crippen LogP contribution in [0.4, 0.5) is 5.69 Å². The molecule has 1 fully saturated rings. The fourth-order valence-corrected chi connectivity index (χ4v) is 2.46. The van der Waals surface area contributed by atoms with Gasteiger partial charge in [-0.15, -0.1) is 0 Å². The predicted octanol–water partition coefficient (Wildman–Crippen LogP) is 2.87. The fourth-order valence-electron chi connectivity index (χ4n) is 1.99. The molecule has 7 heteroatoms. The maximum atomic E-state index is 11.9. The van der Waals surface area contributed by atoms with E-state index in [1.54, 1.807) is 25.1 Å². The fraction of sp³-hybridized carbons (Fsp3) is 0.385. The smallest absolute Gasteiger partial charge is 0.341 e. The molecular formula is C13H14Cl2N2O3. The third-order valence-corrected chi connectivity index (χ3v) is 3.77. The van der Waals surface area contributed by atoms with Gasteiger partial charge in [-0.1, -0.05) is 29.3 Å². The second-order valence-electron chi connectivity index (χ2n) is 4.49. The van der Waals surface area contributed by atoms with Crippen LogP contribution in [0.1, 0.15) is 19.8 Å². The molecule has 0 aliphatic carbocycles. The van der Waals surface area contributed by atoms with Crippen LogP contribution in [0.3, 0.4) is 0 Å². The number of nitrogens with zero attached hydrogens (tertiary/aromatic N) is 1. The second kappa shape index (κ2) is 6.33. The Balaban J connectivity index is 1.97. The van der Waals surface area contributed by atoms with E-state index in [1.807, 2.05) is 0 Å². The third kappa shape index (κ3) is 3.16. The first-order chi connectivity index (χ1) is 9.50. The van der Waals surface area contributed by atoms with Crippen molar-refractivity contribution in [2.45, 2.75) is 25.8 Å². The van der Waals surface area contributed by atoms with Crippen molar-refractivity contribution in [3.63, 3.8) is 0 Å². The van der Waals surface area contributed by atoms with Gasteiger partial charge in [0.1, 0.15) is 11.7 Å². The molecule has 0 saturated carbocycles. The lowest BCUT2D eigenvalue weighted by molar-refractivity contribution is -0.150. The number of rotatable bonds is 4. The Hall–Kier alpha value is -1.46. The highest BCUT2D eigenvalue weighted by molar-refractivity contribution is 6.39. The highest BCUT2D eigenvalue weighted by atomic mass is 35.5. The molecule has 0 bridgehead atoms. The van der Waals surface area contributed by atoms with Gasteiger partial charge in [0, 0.05) is 13.0 Å². The van der Waals surface area contributed by atoms with Gasteiger partial charge in [0.05, 0.1) is 10.0 Å². The topological polar surface area (TPSA) is 58.6 Å². The highest BCUT2D eigenvalue weighted by Gasteiger charge is 2.30. The lowest BCUT2D eigenvalue weighted by atomic mass is 10.3. The van der Waals surface area contributed by atoms with Crippen LogP contribution in [0.25, 0.3) is 0 Å². The summed E-state index contributed by atoms with van der Waals surface area (Å²) < 4.78 is 0. The van der Waals surface area contributed by atoms with Crippen molar-refractivity contribution in [1.29, 1.82) is 0 Å². The standard InChI is InChI=1S/C13H14Cl2N2O3/c1-8(17-7-3-6-11(17)18)13(19)20-16-12-9(14)4-2-5-10(12)15/h2,4-5,8,16H,3,6-7H2,1H3. The zero-order valence-electron chi connectivity index (χ0n) is 10.9. The monoisotopic (exact) mass is 316 g/mol. The number of likely N-dealkylation sites (tertiary alicyclic amines) is 1. The van der Waals surface area contributed by atoms with E-state index >= 15 is 0 Å².